The maximum atomic E-state index is 6.44. The lowest BCUT2D eigenvalue weighted by Gasteiger charge is -2.19. The fourth-order valence-electron chi connectivity index (χ4n) is 3.22. The molecule has 8 bridgehead atoms. The molecular weight excluding hydrogens is 310 g/mol. The van der Waals surface area contributed by atoms with E-state index >= 15 is 0 Å². The number of hydrogen-bond donors (Lipinski definition) is 4. The average Bonchev–Trinajstić information content (AvgIpc) is 3.32. The van der Waals surface area contributed by atoms with Crippen LogP contribution >= 0.6 is 0 Å². The van der Waals surface area contributed by atoms with Gasteiger partial charge in [-0.1, -0.05) is 0 Å². The van der Waals surface area contributed by atoms with Crippen molar-refractivity contribution in [1.82, 2.24) is 15.3 Å². The summed E-state index contributed by atoms with van der Waals surface area (Å²) in [5.41, 5.74) is 10.5. The molecule has 0 saturated carbocycles. The molecule has 5 N–H and O–H groups in total. The quantitative estimate of drug-likeness (QED) is 0.583. The van der Waals surface area contributed by atoms with Gasteiger partial charge in [0, 0.05) is 27.8 Å². The summed E-state index contributed by atoms with van der Waals surface area (Å²) >= 11 is 0. The smallest absolute Gasteiger partial charge is 0.127 e. The van der Waals surface area contributed by atoms with Crippen molar-refractivity contribution in [2.24, 2.45) is 10.7 Å². The molecule has 1 unspecified atom stereocenters. The number of aliphatic imine (C=N–C) groups is 1. The third-order valence-electron chi connectivity index (χ3n) is 4.36. The van der Waals surface area contributed by atoms with E-state index < -0.39 is 5.66 Å². The number of aromatic amines is 2. The molecule has 0 aliphatic carbocycles. The van der Waals surface area contributed by atoms with Crippen LogP contribution in [-0.2, 0) is 0 Å². The van der Waals surface area contributed by atoms with Gasteiger partial charge >= 0.3 is 0 Å². The van der Waals surface area contributed by atoms with E-state index in [4.69, 9.17) is 5.73 Å². The highest BCUT2D eigenvalue weighted by Gasteiger charge is 2.23. The molecule has 5 nitrogen and oxygen atoms in total. The Kier molecular flexibility index (Phi) is 2.87. The number of nitrogens with zero attached hydrogens (tertiary/aromatic N) is 1. The second-order valence-electron chi connectivity index (χ2n) is 6.46. The molecule has 0 spiro atoms. The molecule has 0 radical (unpaired) electrons. The van der Waals surface area contributed by atoms with Crippen molar-refractivity contribution in [1.29, 1.82) is 0 Å². The Balaban J connectivity index is 1.70. The lowest BCUT2D eigenvalue weighted by atomic mass is 10.2. The van der Waals surface area contributed by atoms with E-state index in [9.17, 15) is 0 Å². The van der Waals surface area contributed by atoms with Crippen LogP contribution in [-0.4, -0.2) is 21.3 Å². The van der Waals surface area contributed by atoms with Gasteiger partial charge in [0.15, 0.2) is 0 Å². The summed E-state index contributed by atoms with van der Waals surface area (Å²) < 4.78 is 0. The zero-order chi connectivity index (χ0) is 16.9. The Bertz CT molecular complexity index is 1130. The van der Waals surface area contributed by atoms with Crippen LogP contribution in [0.5, 0.6) is 0 Å². The van der Waals surface area contributed by atoms with Crippen molar-refractivity contribution in [3.05, 3.63) is 88.1 Å². The summed E-state index contributed by atoms with van der Waals surface area (Å²) in [5, 5.41) is 5.31. The van der Waals surface area contributed by atoms with Gasteiger partial charge in [-0.3, -0.25) is 0 Å². The highest BCUT2D eigenvalue weighted by Crippen LogP contribution is 2.18. The lowest BCUT2D eigenvalue weighted by molar-refractivity contribution is 0.627. The standard InChI is InChI=1S/C20H17N5/c21-20-8-7-18(25-20)11-17-4-3-14(23-17)9-13-1-2-15(22-13)10-16-5-6-19(12-20)24-16/h1-12,22,24-25H,21H2/b14-9-,16-10-,18-11-,19-12-. The fraction of sp³-hybridized carbons (Fsp3) is 0.0500. The van der Waals surface area contributed by atoms with Gasteiger partial charge in [-0.2, -0.15) is 0 Å². The van der Waals surface area contributed by atoms with E-state index in [0.29, 0.717) is 0 Å². The van der Waals surface area contributed by atoms with Crippen LogP contribution in [0.4, 0.5) is 0 Å². The predicted molar refractivity (Wildman–Crippen MR) is 101 cm³/mol. The first kappa shape index (κ1) is 14.1. The Morgan fingerprint density at radius 1 is 0.840 bits per heavy atom. The van der Waals surface area contributed by atoms with Gasteiger partial charge in [-0.05, 0) is 72.9 Å². The minimum absolute atomic E-state index is 0.716. The van der Waals surface area contributed by atoms with Crippen LogP contribution in [0.3, 0.4) is 0 Å². The number of H-pyrrole nitrogens is 2. The summed E-state index contributed by atoms with van der Waals surface area (Å²) in [6.07, 6.45) is 16.0. The number of allylic oxidation sites excluding steroid dienone is 4. The molecule has 5 rings (SSSR count). The summed E-state index contributed by atoms with van der Waals surface area (Å²) in [6, 6.07) is 8.17. The van der Waals surface area contributed by atoms with Crippen LogP contribution in [0, 0.1) is 0 Å². The van der Waals surface area contributed by atoms with E-state index in [0.717, 1.165) is 39.2 Å². The third kappa shape index (κ3) is 2.70. The first-order valence-electron chi connectivity index (χ1n) is 8.19. The normalized spacial score (nSPS) is 30.2. The molecular formula is C20H17N5. The van der Waals surface area contributed by atoms with Crippen molar-refractivity contribution in [2.45, 2.75) is 5.66 Å². The number of nitrogens with one attached hydrogen (secondary N) is 3. The number of fused-ring (bicyclic) bond motifs is 7. The zero-order valence-electron chi connectivity index (χ0n) is 13.5. The van der Waals surface area contributed by atoms with E-state index in [2.05, 4.69) is 32.4 Å². The SMILES string of the molecule is NC12C=C/C(=C/C3=NC(=C\c4ccc([nH]4)/C=c4/cc/c([nH]4)=C/1)/C=C3)N2. The van der Waals surface area contributed by atoms with E-state index in [1.807, 2.05) is 60.7 Å². The van der Waals surface area contributed by atoms with Gasteiger partial charge in [-0.15, -0.1) is 0 Å². The first-order valence-corrected chi connectivity index (χ1v) is 8.19. The van der Waals surface area contributed by atoms with Crippen LogP contribution < -0.4 is 21.7 Å². The minimum Gasteiger partial charge on any atom is -0.361 e. The second kappa shape index (κ2) is 5.09. The van der Waals surface area contributed by atoms with Crippen LogP contribution in [0.15, 0.2) is 71.0 Å². The van der Waals surface area contributed by atoms with Gasteiger partial charge in [0.25, 0.3) is 0 Å². The Morgan fingerprint density at radius 3 is 2.60 bits per heavy atom. The van der Waals surface area contributed by atoms with E-state index in [1.165, 1.54) is 0 Å². The van der Waals surface area contributed by atoms with Crippen molar-refractivity contribution in [3.8, 4) is 0 Å². The van der Waals surface area contributed by atoms with Crippen molar-refractivity contribution < 1.29 is 0 Å². The highest BCUT2D eigenvalue weighted by molar-refractivity contribution is 6.08. The lowest BCUT2D eigenvalue weighted by Crippen LogP contribution is -2.47. The van der Waals surface area contributed by atoms with Crippen molar-refractivity contribution >= 4 is 23.9 Å². The molecule has 0 amide bonds. The topological polar surface area (TPSA) is 82.0 Å². The van der Waals surface area contributed by atoms with Crippen LogP contribution in [0.25, 0.3) is 18.2 Å². The van der Waals surface area contributed by atoms with Gasteiger partial charge in [-0.25, -0.2) is 4.99 Å². The molecule has 5 heteroatoms. The maximum absolute atomic E-state index is 6.44. The van der Waals surface area contributed by atoms with Crippen molar-refractivity contribution in [3.63, 3.8) is 0 Å². The molecule has 3 aliphatic rings. The molecule has 0 fully saturated rings. The molecule has 2 aromatic heterocycles. The van der Waals surface area contributed by atoms with E-state index in [1.54, 1.807) is 0 Å². The molecule has 5 heterocycles. The highest BCUT2D eigenvalue weighted by atomic mass is 15.1. The molecule has 0 aromatic carbocycles. The maximum Gasteiger partial charge on any atom is 0.127 e. The van der Waals surface area contributed by atoms with Gasteiger partial charge < -0.3 is 21.0 Å². The Hall–Kier alpha value is -3.31. The molecule has 1 atom stereocenters. The largest absolute Gasteiger partial charge is 0.361 e. The number of rotatable bonds is 0. The number of nitrogens with two attached hydrogens (primary N) is 1. The second-order valence-corrected chi connectivity index (χ2v) is 6.46. The van der Waals surface area contributed by atoms with Crippen LogP contribution in [0.2, 0.25) is 0 Å². The summed E-state index contributed by atoms with van der Waals surface area (Å²) in [4.78, 5) is 11.4. The molecule has 122 valence electrons. The van der Waals surface area contributed by atoms with E-state index in [-0.39, 0.29) is 0 Å². The Morgan fingerprint density at radius 2 is 1.68 bits per heavy atom. The fourth-order valence-corrected chi connectivity index (χ4v) is 3.22. The minimum atomic E-state index is -0.716. The van der Waals surface area contributed by atoms with Crippen molar-refractivity contribution in [2.75, 3.05) is 0 Å². The van der Waals surface area contributed by atoms with Gasteiger partial charge in [0.05, 0.1) is 11.4 Å². The summed E-state index contributed by atoms with van der Waals surface area (Å²) in [5.74, 6) is 0. The summed E-state index contributed by atoms with van der Waals surface area (Å²) in [6.45, 7) is 0. The molecule has 2 aromatic rings. The van der Waals surface area contributed by atoms with Gasteiger partial charge in [0.1, 0.15) is 5.66 Å². The van der Waals surface area contributed by atoms with Crippen LogP contribution in [0.1, 0.15) is 11.4 Å². The monoisotopic (exact) mass is 327 g/mol. The predicted octanol–water partition coefficient (Wildman–Crippen LogP) is 1.02. The first-order chi connectivity index (χ1) is 12.1. The summed E-state index contributed by atoms with van der Waals surface area (Å²) in [7, 11) is 0. The van der Waals surface area contributed by atoms with Gasteiger partial charge in [0.2, 0.25) is 0 Å². The number of hydrogen-bond acceptors (Lipinski definition) is 3. The molecule has 0 saturated heterocycles. The Labute approximate surface area is 144 Å². The zero-order valence-corrected chi connectivity index (χ0v) is 13.5. The average molecular weight is 327 g/mol. The molecule has 25 heavy (non-hydrogen) atoms. The third-order valence-corrected chi connectivity index (χ3v) is 4.36. The molecule has 3 aliphatic heterocycles. The number of aromatic nitrogens is 2.